The van der Waals surface area contributed by atoms with Gasteiger partial charge in [0.2, 0.25) is 0 Å². The van der Waals surface area contributed by atoms with Gasteiger partial charge in [-0.3, -0.25) is 0 Å². The smallest absolute Gasteiger partial charge is 0.134 e. The lowest BCUT2D eigenvalue weighted by atomic mass is 10.0. The van der Waals surface area contributed by atoms with Gasteiger partial charge in [-0.25, -0.2) is 0 Å². The molecule has 1 saturated heterocycles. The summed E-state index contributed by atoms with van der Waals surface area (Å²) in [4.78, 5) is 0. The molecule has 4 radical (unpaired) electrons. The van der Waals surface area contributed by atoms with E-state index >= 15 is 0 Å². The van der Waals surface area contributed by atoms with Crippen LogP contribution in [0.5, 0.6) is 0 Å². The SMILES string of the molecule is CCC(C)(C)N1[Si]CCC[Si]1. The third-order valence-corrected chi connectivity index (χ3v) is 6.31. The molecular formula is C8H17NSi2. The van der Waals surface area contributed by atoms with Gasteiger partial charge in [-0.2, -0.15) is 0 Å². The lowest BCUT2D eigenvalue weighted by Gasteiger charge is -2.39. The average Bonchev–Trinajstić information content (AvgIpc) is 2.06. The summed E-state index contributed by atoms with van der Waals surface area (Å²) < 4.78 is 2.69. The maximum Gasteiger partial charge on any atom is 0.134 e. The number of rotatable bonds is 2. The van der Waals surface area contributed by atoms with Crippen LogP contribution < -0.4 is 0 Å². The summed E-state index contributed by atoms with van der Waals surface area (Å²) >= 11 is 0. The Morgan fingerprint density at radius 3 is 2.27 bits per heavy atom. The molecule has 62 valence electrons. The third-order valence-electron chi connectivity index (χ3n) is 2.36. The van der Waals surface area contributed by atoms with Gasteiger partial charge in [0.05, 0.1) is 0 Å². The van der Waals surface area contributed by atoms with Crippen molar-refractivity contribution >= 4 is 19.4 Å². The van der Waals surface area contributed by atoms with Gasteiger partial charge in [0, 0.05) is 5.54 Å². The minimum atomic E-state index is 0.470. The van der Waals surface area contributed by atoms with Gasteiger partial charge in [-0.15, -0.1) is 0 Å². The molecule has 0 amide bonds. The van der Waals surface area contributed by atoms with Gasteiger partial charge >= 0.3 is 0 Å². The lowest BCUT2D eigenvalue weighted by molar-refractivity contribution is 0.323. The standard InChI is InChI=1S/C8H17NSi2/c1-4-8(2,3)9-10-6-5-7-11-9/h4-7H2,1-3H3. The molecule has 0 aromatic rings. The molecule has 0 N–H and O–H groups in total. The summed E-state index contributed by atoms with van der Waals surface area (Å²) in [6, 6.07) is 2.88. The molecule has 0 aromatic heterocycles. The molecule has 1 heterocycles. The molecule has 1 aliphatic rings. The molecular weight excluding hydrogens is 166 g/mol. The van der Waals surface area contributed by atoms with Gasteiger partial charge in [0.25, 0.3) is 0 Å². The Kier molecular flexibility index (Phi) is 3.34. The van der Waals surface area contributed by atoms with Crippen molar-refractivity contribution in [1.82, 2.24) is 4.23 Å². The Balaban J connectivity index is 2.43. The van der Waals surface area contributed by atoms with Crippen molar-refractivity contribution in [2.45, 2.75) is 51.2 Å². The first-order chi connectivity index (χ1) is 5.17. The molecule has 0 spiro atoms. The summed E-state index contributed by atoms with van der Waals surface area (Å²) in [5.41, 5.74) is 0.470. The van der Waals surface area contributed by atoms with E-state index in [9.17, 15) is 0 Å². The summed E-state index contributed by atoms with van der Waals surface area (Å²) in [6.45, 7) is 7.04. The molecule has 0 saturated carbocycles. The molecule has 0 unspecified atom stereocenters. The first-order valence-corrected chi connectivity index (χ1v) is 6.75. The fraction of sp³-hybridized carbons (Fsp3) is 1.00. The van der Waals surface area contributed by atoms with E-state index in [0.717, 1.165) is 19.4 Å². The highest BCUT2D eigenvalue weighted by Gasteiger charge is 2.26. The van der Waals surface area contributed by atoms with Crippen LogP contribution in [0, 0.1) is 0 Å². The fourth-order valence-corrected chi connectivity index (χ4v) is 4.87. The van der Waals surface area contributed by atoms with Gasteiger partial charge in [0.15, 0.2) is 0 Å². The van der Waals surface area contributed by atoms with Gasteiger partial charge in [-0.05, 0) is 32.4 Å². The summed E-state index contributed by atoms with van der Waals surface area (Å²) in [6.07, 6.45) is 2.75. The van der Waals surface area contributed by atoms with Crippen molar-refractivity contribution in [3.63, 3.8) is 0 Å². The quantitative estimate of drug-likeness (QED) is 0.592. The maximum absolute atomic E-state index is 2.69. The van der Waals surface area contributed by atoms with Crippen LogP contribution in [0.4, 0.5) is 0 Å². The first kappa shape index (κ1) is 9.48. The summed E-state index contributed by atoms with van der Waals surface area (Å²) in [7, 11) is 2.19. The van der Waals surface area contributed by atoms with E-state index in [4.69, 9.17) is 0 Å². The van der Waals surface area contributed by atoms with Crippen LogP contribution in [0.3, 0.4) is 0 Å². The predicted octanol–water partition coefficient (Wildman–Crippen LogP) is 1.96. The van der Waals surface area contributed by atoms with Crippen molar-refractivity contribution in [3.05, 3.63) is 0 Å². The highest BCUT2D eigenvalue weighted by atomic mass is 28.3. The second kappa shape index (κ2) is 3.87. The highest BCUT2D eigenvalue weighted by Crippen LogP contribution is 2.21. The van der Waals surface area contributed by atoms with Crippen molar-refractivity contribution < 1.29 is 0 Å². The Morgan fingerprint density at radius 2 is 1.82 bits per heavy atom. The van der Waals surface area contributed by atoms with Crippen LogP contribution in [-0.4, -0.2) is 29.1 Å². The largest absolute Gasteiger partial charge is 0.344 e. The monoisotopic (exact) mass is 183 g/mol. The van der Waals surface area contributed by atoms with E-state index in [1.54, 1.807) is 0 Å². The van der Waals surface area contributed by atoms with E-state index < -0.39 is 0 Å². The minimum Gasteiger partial charge on any atom is -0.344 e. The Bertz CT molecular complexity index is 119. The van der Waals surface area contributed by atoms with Gasteiger partial charge in [-0.1, -0.05) is 13.3 Å². The van der Waals surface area contributed by atoms with E-state index in [-0.39, 0.29) is 0 Å². The Hall–Kier alpha value is 0.394. The fourth-order valence-electron chi connectivity index (χ4n) is 1.11. The summed E-state index contributed by atoms with van der Waals surface area (Å²) in [5, 5.41) is 0. The lowest BCUT2D eigenvalue weighted by Crippen LogP contribution is -2.49. The van der Waals surface area contributed by atoms with Crippen LogP contribution in [0.25, 0.3) is 0 Å². The molecule has 1 aliphatic heterocycles. The Morgan fingerprint density at radius 1 is 1.27 bits per heavy atom. The summed E-state index contributed by atoms with van der Waals surface area (Å²) in [5.74, 6) is 0. The molecule has 0 atom stereocenters. The van der Waals surface area contributed by atoms with Crippen molar-refractivity contribution in [3.8, 4) is 0 Å². The zero-order valence-electron chi connectivity index (χ0n) is 7.78. The zero-order chi connectivity index (χ0) is 8.32. The van der Waals surface area contributed by atoms with Crippen molar-refractivity contribution in [2.24, 2.45) is 0 Å². The van der Waals surface area contributed by atoms with Crippen LogP contribution in [0.15, 0.2) is 0 Å². The minimum absolute atomic E-state index is 0.470. The molecule has 1 fully saturated rings. The topological polar surface area (TPSA) is 3.24 Å². The van der Waals surface area contributed by atoms with Crippen LogP contribution >= 0.6 is 0 Å². The predicted molar refractivity (Wildman–Crippen MR) is 51.9 cm³/mol. The van der Waals surface area contributed by atoms with E-state index in [1.165, 1.54) is 24.9 Å². The highest BCUT2D eigenvalue weighted by molar-refractivity contribution is 6.52. The van der Waals surface area contributed by atoms with Crippen LogP contribution in [0.1, 0.15) is 33.6 Å². The van der Waals surface area contributed by atoms with Crippen LogP contribution in [-0.2, 0) is 0 Å². The normalized spacial score (nSPS) is 22.1. The molecule has 0 bridgehead atoms. The first-order valence-electron chi connectivity index (χ1n) is 4.44. The molecule has 11 heavy (non-hydrogen) atoms. The molecule has 0 aromatic carbocycles. The van der Waals surface area contributed by atoms with Gasteiger partial charge in [0.1, 0.15) is 19.4 Å². The van der Waals surface area contributed by atoms with E-state index in [0.29, 0.717) is 5.54 Å². The molecule has 0 aliphatic carbocycles. The maximum atomic E-state index is 2.69. The molecule has 1 nitrogen and oxygen atoms in total. The second-order valence-electron chi connectivity index (χ2n) is 3.67. The van der Waals surface area contributed by atoms with Crippen LogP contribution in [0.2, 0.25) is 12.1 Å². The van der Waals surface area contributed by atoms with Crippen molar-refractivity contribution in [2.75, 3.05) is 0 Å². The zero-order valence-corrected chi connectivity index (χ0v) is 9.78. The molecule has 3 heteroatoms. The third kappa shape index (κ3) is 2.42. The Labute approximate surface area is 75.4 Å². The van der Waals surface area contributed by atoms with Crippen molar-refractivity contribution in [1.29, 1.82) is 0 Å². The van der Waals surface area contributed by atoms with E-state index in [2.05, 4.69) is 25.0 Å². The second-order valence-corrected chi connectivity index (χ2v) is 6.65. The van der Waals surface area contributed by atoms with Gasteiger partial charge < -0.3 is 4.23 Å². The number of hydrogen-bond acceptors (Lipinski definition) is 1. The van der Waals surface area contributed by atoms with E-state index in [1.807, 2.05) is 0 Å². The average molecular weight is 183 g/mol. The number of hydrogen-bond donors (Lipinski definition) is 0. The number of nitrogens with zero attached hydrogens (tertiary/aromatic N) is 1. The molecule has 1 rings (SSSR count).